The van der Waals surface area contributed by atoms with Gasteiger partial charge in [0.25, 0.3) is 0 Å². The van der Waals surface area contributed by atoms with Crippen LogP contribution in [0.15, 0.2) is 11.0 Å². The fourth-order valence-corrected chi connectivity index (χ4v) is 2.72. The molecule has 1 fully saturated rings. The van der Waals surface area contributed by atoms with Crippen LogP contribution in [0.4, 0.5) is 5.82 Å². The Morgan fingerprint density at radius 1 is 1.28 bits per heavy atom. The normalized spacial score (nSPS) is 24.7. The van der Waals surface area contributed by atoms with Crippen LogP contribution in [0.1, 0.15) is 59.8 Å². The average molecular weight is 353 g/mol. The second kappa shape index (κ2) is 7.05. The lowest BCUT2D eigenvalue weighted by atomic mass is 10.1. The van der Waals surface area contributed by atoms with E-state index < -0.39 is 11.9 Å². The molecule has 0 radical (unpaired) electrons. The summed E-state index contributed by atoms with van der Waals surface area (Å²) >= 11 is 0. The summed E-state index contributed by atoms with van der Waals surface area (Å²) in [4.78, 5) is 16.1. The van der Waals surface area contributed by atoms with Crippen LogP contribution in [-0.4, -0.2) is 39.6 Å². The highest BCUT2D eigenvalue weighted by atomic mass is 16.6. The van der Waals surface area contributed by atoms with Crippen LogP contribution in [-0.2, 0) is 14.2 Å². The molecule has 1 aliphatic rings. The van der Waals surface area contributed by atoms with Gasteiger partial charge < -0.3 is 19.9 Å². The summed E-state index contributed by atoms with van der Waals surface area (Å²) in [6.45, 7) is 14.2. The van der Waals surface area contributed by atoms with E-state index in [0.717, 1.165) is 5.56 Å². The zero-order chi connectivity index (χ0) is 19.0. The minimum absolute atomic E-state index is 0.169. The van der Waals surface area contributed by atoms with Gasteiger partial charge in [0.1, 0.15) is 18.1 Å². The smallest absolute Gasteiger partial charge is 0.351 e. The number of aryl methyl sites for hydroxylation is 1. The van der Waals surface area contributed by atoms with Crippen LogP contribution in [0.5, 0.6) is 0 Å². The fraction of sp³-hybridized carbons (Fsp3) is 0.778. The number of anilines is 1. The Kier molecular flexibility index (Phi) is 5.61. The van der Waals surface area contributed by atoms with Gasteiger partial charge in [0.15, 0.2) is 0 Å². The fourth-order valence-electron chi connectivity index (χ4n) is 2.72. The predicted octanol–water partition coefficient (Wildman–Crippen LogP) is 2.42. The molecule has 25 heavy (non-hydrogen) atoms. The second-order valence-electron chi connectivity index (χ2n) is 8.56. The first kappa shape index (κ1) is 19.9. The molecule has 0 amide bonds. The Morgan fingerprint density at radius 3 is 2.48 bits per heavy atom. The molecule has 1 aliphatic heterocycles. The number of ether oxygens (including phenoxy) is 3. The maximum atomic E-state index is 12.2. The van der Waals surface area contributed by atoms with E-state index in [1.54, 1.807) is 6.20 Å². The van der Waals surface area contributed by atoms with E-state index in [9.17, 15) is 4.79 Å². The maximum Gasteiger partial charge on any atom is 0.351 e. The zero-order valence-corrected chi connectivity index (χ0v) is 16.3. The summed E-state index contributed by atoms with van der Waals surface area (Å²) in [7, 11) is 0. The molecule has 0 spiro atoms. The van der Waals surface area contributed by atoms with Gasteiger partial charge in [0, 0.05) is 18.2 Å². The highest BCUT2D eigenvalue weighted by molar-refractivity contribution is 5.35. The van der Waals surface area contributed by atoms with E-state index in [0.29, 0.717) is 13.0 Å². The van der Waals surface area contributed by atoms with Crippen LogP contribution in [0.2, 0.25) is 0 Å². The number of hydrogen-bond acceptors (Lipinski definition) is 6. The quantitative estimate of drug-likeness (QED) is 0.894. The van der Waals surface area contributed by atoms with Crippen molar-refractivity contribution in [3.8, 4) is 0 Å². The summed E-state index contributed by atoms with van der Waals surface area (Å²) in [5.41, 5.74) is 5.45. The molecule has 3 atom stereocenters. The number of rotatable bonds is 4. The largest absolute Gasteiger partial charge is 0.383 e. The minimum Gasteiger partial charge on any atom is -0.383 e. The molecule has 0 bridgehead atoms. The highest BCUT2D eigenvalue weighted by Gasteiger charge is 2.40. The first-order chi connectivity index (χ1) is 11.4. The van der Waals surface area contributed by atoms with Crippen molar-refractivity contribution < 1.29 is 14.2 Å². The summed E-state index contributed by atoms with van der Waals surface area (Å²) in [6.07, 6.45) is 1.38. The van der Waals surface area contributed by atoms with Crippen molar-refractivity contribution >= 4 is 5.82 Å². The molecule has 1 aromatic heterocycles. The van der Waals surface area contributed by atoms with Crippen molar-refractivity contribution in [2.24, 2.45) is 0 Å². The lowest BCUT2D eigenvalue weighted by Gasteiger charge is -2.29. The molecule has 0 saturated carbocycles. The van der Waals surface area contributed by atoms with Gasteiger partial charge in [-0.3, -0.25) is 4.57 Å². The maximum absolute atomic E-state index is 12.2. The third-order valence-electron chi connectivity index (χ3n) is 3.85. The lowest BCUT2D eigenvalue weighted by Crippen LogP contribution is -2.37. The first-order valence-corrected chi connectivity index (χ1v) is 8.68. The van der Waals surface area contributed by atoms with Crippen LogP contribution in [0.3, 0.4) is 0 Å². The van der Waals surface area contributed by atoms with Crippen LogP contribution >= 0.6 is 0 Å². The van der Waals surface area contributed by atoms with E-state index in [2.05, 4.69) is 4.98 Å². The summed E-state index contributed by atoms with van der Waals surface area (Å²) in [5, 5.41) is 0. The van der Waals surface area contributed by atoms with Gasteiger partial charge >= 0.3 is 5.69 Å². The molecule has 0 unspecified atom stereocenters. The Hall–Kier alpha value is -1.44. The minimum atomic E-state index is -0.444. The van der Waals surface area contributed by atoms with Crippen molar-refractivity contribution in [1.82, 2.24) is 9.55 Å². The van der Waals surface area contributed by atoms with Gasteiger partial charge in [0.05, 0.1) is 23.9 Å². The van der Waals surface area contributed by atoms with Crippen LogP contribution in [0.25, 0.3) is 0 Å². The standard InChI is InChI=1S/C18H31N3O4/c1-11-9-21(16(22)20-15(11)19)14-8-12(25-18(5,6)7)13(24-14)10-23-17(2,3)4/h9,12-14H,8,10H2,1-7H3,(H2,19,20,22)/t12-,13-,14-/m1/s1. The summed E-state index contributed by atoms with van der Waals surface area (Å²) < 4.78 is 19.6. The van der Waals surface area contributed by atoms with Gasteiger partial charge in [-0.25, -0.2) is 4.79 Å². The average Bonchev–Trinajstić information content (AvgIpc) is 2.80. The molecule has 7 heteroatoms. The number of hydrogen-bond donors (Lipinski definition) is 1. The Balaban J connectivity index is 2.22. The molecule has 7 nitrogen and oxygen atoms in total. The Labute approximate surface area is 149 Å². The van der Waals surface area contributed by atoms with Crippen LogP contribution in [0, 0.1) is 6.92 Å². The second-order valence-corrected chi connectivity index (χ2v) is 8.56. The highest BCUT2D eigenvalue weighted by Crippen LogP contribution is 2.33. The van der Waals surface area contributed by atoms with Crippen molar-refractivity contribution in [2.75, 3.05) is 12.3 Å². The molecule has 2 N–H and O–H groups in total. The number of nitrogen functional groups attached to an aromatic ring is 1. The van der Waals surface area contributed by atoms with Crippen molar-refractivity contribution in [3.63, 3.8) is 0 Å². The van der Waals surface area contributed by atoms with E-state index in [4.69, 9.17) is 19.9 Å². The van der Waals surface area contributed by atoms with E-state index >= 15 is 0 Å². The molecule has 142 valence electrons. The molecule has 0 aliphatic carbocycles. The van der Waals surface area contributed by atoms with Gasteiger partial charge in [-0.05, 0) is 48.5 Å². The van der Waals surface area contributed by atoms with E-state index in [1.165, 1.54) is 4.57 Å². The Bertz CT molecular complexity index is 658. The predicted molar refractivity (Wildman–Crippen MR) is 96.5 cm³/mol. The number of nitrogens with two attached hydrogens (primary N) is 1. The summed E-state index contributed by atoms with van der Waals surface area (Å²) in [6, 6.07) is 0. The van der Waals surface area contributed by atoms with Gasteiger partial charge in [-0.2, -0.15) is 4.98 Å². The van der Waals surface area contributed by atoms with Gasteiger partial charge in [0.2, 0.25) is 0 Å². The first-order valence-electron chi connectivity index (χ1n) is 8.68. The topological polar surface area (TPSA) is 88.6 Å². The van der Waals surface area contributed by atoms with Crippen molar-refractivity contribution in [3.05, 3.63) is 22.2 Å². The van der Waals surface area contributed by atoms with Crippen LogP contribution < -0.4 is 11.4 Å². The van der Waals surface area contributed by atoms with E-state index in [1.807, 2.05) is 48.5 Å². The lowest BCUT2D eigenvalue weighted by molar-refractivity contribution is -0.132. The molecule has 1 saturated heterocycles. The molecule has 0 aromatic carbocycles. The molecule has 2 heterocycles. The van der Waals surface area contributed by atoms with Crippen molar-refractivity contribution in [2.45, 2.75) is 84.5 Å². The molecular formula is C18H31N3O4. The molecule has 1 aromatic rings. The molecular weight excluding hydrogens is 322 g/mol. The monoisotopic (exact) mass is 353 g/mol. The number of aromatic nitrogens is 2. The Morgan fingerprint density at radius 2 is 1.92 bits per heavy atom. The van der Waals surface area contributed by atoms with Gasteiger partial charge in [-0.15, -0.1) is 0 Å². The molecule has 2 rings (SSSR count). The number of nitrogens with zero attached hydrogens (tertiary/aromatic N) is 2. The van der Waals surface area contributed by atoms with E-state index in [-0.39, 0.29) is 29.2 Å². The van der Waals surface area contributed by atoms with Crippen molar-refractivity contribution in [1.29, 1.82) is 0 Å². The SMILES string of the molecule is Cc1cn([C@H]2C[C@@H](OC(C)(C)C)[C@@H](COC(C)(C)C)O2)c(=O)nc1N. The zero-order valence-electron chi connectivity index (χ0n) is 16.3. The summed E-state index contributed by atoms with van der Waals surface area (Å²) in [5.74, 6) is 0.245. The third-order valence-corrected chi connectivity index (χ3v) is 3.85. The van der Waals surface area contributed by atoms with Gasteiger partial charge in [-0.1, -0.05) is 0 Å². The third kappa shape index (κ3) is 5.52.